The highest BCUT2D eigenvalue weighted by Gasteiger charge is 2.26. The largest absolute Gasteiger partial charge is 0.350 e. The van der Waals surface area contributed by atoms with Crippen LogP contribution in [-0.4, -0.2) is 34.8 Å². The van der Waals surface area contributed by atoms with Gasteiger partial charge in [-0.3, -0.25) is 9.59 Å². The molecule has 1 saturated heterocycles. The number of nitrogens with one attached hydrogen (secondary N) is 1. The fraction of sp³-hybridized carbons (Fsp3) is 0.375. The predicted octanol–water partition coefficient (Wildman–Crippen LogP) is 5.42. The summed E-state index contributed by atoms with van der Waals surface area (Å²) < 4.78 is 2.23. The van der Waals surface area contributed by atoms with E-state index in [2.05, 4.69) is 33.4 Å². The summed E-state index contributed by atoms with van der Waals surface area (Å²) >= 11 is 5.18. The van der Waals surface area contributed by atoms with Crippen LogP contribution in [-0.2, 0) is 9.59 Å². The van der Waals surface area contributed by atoms with Crippen molar-refractivity contribution in [2.45, 2.75) is 44.6 Å². The van der Waals surface area contributed by atoms with Gasteiger partial charge in [0.1, 0.15) is 0 Å². The summed E-state index contributed by atoms with van der Waals surface area (Å²) in [6.07, 6.45) is 2.33. The van der Waals surface area contributed by atoms with Gasteiger partial charge in [-0.15, -0.1) is 11.3 Å². The third-order valence-corrected chi connectivity index (χ3v) is 7.55. The maximum Gasteiger partial charge on any atom is 0.223 e. The van der Waals surface area contributed by atoms with Crippen molar-refractivity contribution in [3.05, 3.63) is 63.6 Å². The van der Waals surface area contributed by atoms with E-state index in [1.54, 1.807) is 11.3 Å². The zero-order valence-corrected chi connectivity index (χ0v) is 19.9. The molecular weight excluding hydrogens is 474 g/mol. The fourth-order valence-corrected chi connectivity index (χ4v) is 5.37. The summed E-state index contributed by atoms with van der Waals surface area (Å²) in [5.41, 5.74) is 2.10. The van der Waals surface area contributed by atoms with Gasteiger partial charge in [0, 0.05) is 36.3 Å². The highest BCUT2D eigenvalue weighted by atomic mass is 79.9. The molecule has 1 atom stereocenters. The standard InChI is InChI=1S/C24H26BrN3O2S/c1-16(17-6-8-19(25)9-7-17)26-22(29)10-11-23(30)28-14-12-18(13-15-28)24-27-20-4-2-3-5-21(20)31-24/h2-9,16,18H,10-15H2,1H3,(H,26,29). The van der Waals surface area contributed by atoms with Crippen LogP contribution in [0.3, 0.4) is 0 Å². The van der Waals surface area contributed by atoms with E-state index in [9.17, 15) is 9.59 Å². The predicted molar refractivity (Wildman–Crippen MR) is 128 cm³/mol. The van der Waals surface area contributed by atoms with Gasteiger partial charge < -0.3 is 10.2 Å². The molecule has 1 aromatic heterocycles. The summed E-state index contributed by atoms with van der Waals surface area (Å²) in [6.45, 7) is 3.42. The summed E-state index contributed by atoms with van der Waals surface area (Å²) in [4.78, 5) is 31.6. The van der Waals surface area contributed by atoms with Crippen LogP contribution >= 0.6 is 27.3 Å². The van der Waals surface area contributed by atoms with Crippen molar-refractivity contribution in [2.75, 3.05) is 13.1 Å². The molecule has 2 amide bonds. The maximum atomic E-state index is 12.6. The number of hydrogen-bond acceptors (Lipinski definition) is 4. The van der Waals surface area contributed by atoms with E-state index in [4.69, 9.17) is 4.98 Å². The number of piperidine rings is 1. The van der Waals surface area contributed by atoms with Gasteiger partial charge in [0.2, 0.25) is 11.8 Å². The molecule has 0 aliphatic carbocycles. The van der Waals surface area contributed by atoms with Gasteiger partial charge in [0.05, 0.1) is 21.3 Å². The number of carbonyl (C=O) groups excluding carboxylic acids is 2. The first-order valence-corrected chi connectivity index (χ1v) is 12.3. The molecule has 1 aliphatic rings. The number of fused-ring (bicyclic) bond motifs is 1. The molecule has 1 N–H and O–H groups in total. The Morgan fingerprint density at radius 2 is 1.84 bits per heavy atom. The topological polar surface area (TPSA) is 62.3 Å². The Balaban J connectivity index is 1.22. The molecule has 3 aromatic rings. The van der Waals surface area contributed by atoms with Crippen molar-refractivity contribution in [3.8, 4) is 0 Å². The van der Waals surface area contributed by atoms with Crippen LogP contribution in [0.25, 0.3) is 10.2 Å². The lowest BCUT2D eigenvalue weighted by atomic mass is 9.97. The number of para-hydroxylation sites is 1. The zero-order chi connectivity index (χ0) is 21.8. The monoisotopic (exact) mass is 499 g/mol. The minimum absolute atomic E-state index is 0.0641. The molecule has 0 saturated carbocycles. The third-order valence-electron chi connectivity index (χ3n) is 5.82. The van der Waals surface area contributed by atoms with Gasteiger partial charge in [-0.2, -0.15) is 0 Å². The number of carbonyl (C=O) groups is 2. The lowest BCUT2D eigenvalue weighted by molar-refractivity contribution is -0.134. The Hall–Kier alpha value is -2.25. The van der Waals surface area contributed by atoms with Gasteiger partial charge in [-0.1, -0.05) is 40.2 Å². The number of hydrogen-bond donors (Lipinski definition) is 1. The molecule has 0 bridgehead atoms. The molecule has 2 heterocycles. The second-order valence-corrected chi connectivity index (χ2v) is 9.99. The number of thiazole rings is 1. The van der Waals surface area contributed by atoms with E-state index in [-0.39, 0.29) is 30.7 Å². The number of nitrogens with zero attached hydrogens (tertiary/aromatic N) is 2. The quantitative estimate of drug-likeness (QED) is 0.492. The van der Waals surface area contributed by atoms with Crippen LogP contribution in [0.4, 0.5) is 0 Å². The average Bonchev–Trinajstić information content (AvgIpc) is 3.22. The Morgan fingerprint density at radius 1 is 1.13 bits per heavy atom. The molecule has 2 aromatic carbocycles. The molecule has 7 heteroatoms. The van der Waals surface area contributed by atoms with E-state index >= 15 is 0 Å². The van der Waals surface area contributed by atoms with Crippen LogP contribution in [0.15, 0.2) is 53.0 Å². The van der Waals surface area contributed by atoms with Crippen molar-refractivity contribution >= 4 is 49.3 Å². The van der Waals surface area contributed by atoms with Gasteiger partial charge in [0.25, 0.3) is 0 Å². The van der Waals surface area contributed by atoms with Crippen molar-refractivity contribution < 1.29 is 9.59 Å². The van der Waals surface area contributed by atoms with Gasteiger partial charge in [-0.05, 0) is 49.6 Å². The number of rotatable bonds is 6. The summed E-state index contributed by atoms with van der Waals surface area (Å²) in [6, 6.07) is 16.0. The molecule has 4 rings (SSSR count). The average molecular weight is 500 g/mol. The number of amides is 2. The minimum Gasteiger partial charge on any atom is -0.350 e. The Morgan fingerprint density at radius 3 is 2.55 bits per heavy atom. The Kier molecular flexibility index (Phi) is 7.02. The molecule has 1 unspecified atom stereocenters. The highest BCUT2D eigenvalue weighted by molar-refractivity contribution is 9.10. The van der Waals surface area contributed by atoms with Crippen LogP contribution in [0.5, 0.6) is 0 Å². The van der Waals surface area contributed by atoms with Crippen molar-refractivity contribution in [2.24, 2.45) is 0 Å². The first-order valence-electron chi connectivity index (χ1n) is 10.7. The fourth-order valence-electron chi connectivity index (χ4n) is 3.97. The molecular formula is C24H26BrN3O2S. The lowest BCUT2D eigenvalue weighted by Crippen LogP contribution is -2.38. The van der Waals surface area contributed by atoms with E-state index < -0.39 is 0 Å². The van der Waals surface area contributed by atoms with Crippen molar-refractivity contribution in [3.63, 3.8) is 0 Å². The number of benzene rings is 2. The molecule has 0 spiro atoms. The molecule has 31 heavy (non-hydrogen) atoms. The Bertz CT molecular complexity index is 1030. The van der Waals surface area contributed by atoms with Crippen LogP contribution in [0.1, 0.15) is 55.1 Å². The second-order valence-electron chi connectivity index (χ2n) is 8.02. The first kappa shape index (κ1) is 22.0. The Labute approximate surface area is 195 Å². The van der Waals surface area contributed by atoms with Gasteiger partial charge in [-0.25, -0.2) is 4.98 Å². The van der Waals surface area contributed by atoms with Crippen LogP contribution < -0.4 is 5.32 Å². The lowest BCUT2D eigenvalue weighted by Gasteiger charge is -2.31. The van der Waals surface area contributed by atoms with Crippen molar-refractivity contribution in [1.82, 2.24) is 15.2 Å². The van der Waals surface area contributed by atoms with Crippen LogP contribution in [0, 0.1) is 0 Å². The maximum absolute atomic E-state index is 12.6. The summed E-state index contributed by atoms with van der Waals surface area (Å²) in [7, 11) is 0. The zero-order valence-electron chi connectivity index (χ0n) is 17.5. The number of halogens is 1. The van der Waals surface area contributed by atoms with E-state index in [1.807, 2.05) is 48.2 Å². The first-order chi connectivity index (χ1) is 15.0. The van der Waals surface area contributed by atoms with E-state index in [1.165, 1.54) is 9.71 Å². The second kappa shape index (κ2) is 9.92. The molecule has 0 radical (unpaired) electrons. The number of likely N-dealkylation sites (tertiary alicyclic amines) is 1. The molecule has 5 nitrogen and oxygen atoms in total. The molecule has 1 aliphatic heterocycles. The van der Waals surface area contributed by atoms with E-state index in [0.29, 0.717) is 5.92 Å². The highest BCUT2D eigenvalue weighted by Crippen LogP contribution is 2.33. The van der Waals surface area contributed by atoms with Gasteiger partial charge >= 0.3 is 0 Å². The van der Waals surface area contributed by atoms with E-state index in [0.717, 1.165) is 41.5 Å². The van der Waals surface area contributed by atoms with Gasteiger partial charge in [0.15, 0.2) is 0 Å². The molecule has 1 fully saturated rings. The SMILES string of the molecule is CC(NC(=O)CCC(=O)N1CCC(c2nc3ccccc3s2)CC1)c1ccc(Br)cc1. The summed E-state index contributed by atoms with van der Waals surface area (Å²) in [5.74, 6) is 0.388. The molecule has 162 valence electrons. The number of aromatic nitrogens is 1. The smallest absolute Gasteiger partial charge is 0.223 e. The van der Waals surface area contributed by atoms with Crippen molar-refractivity contribution in [1.29, 1.82) is 0 Å². The summed E-state index contributed by atoms with van der Waals surface area (Å²) in [5, 5.41) is 4.16. The normalized spacial score (nSPS) is 15.7. The van der Waals surface area contributed by atoms with Crippen LogP contribution in [0.2, 0.25) is 0 Å². The third kappa shape index (κ3) is 5.52. The minimum atomic E-state index is -0.0897.